The van der Waals surface area contributed by atoms with E-state index in [1.807, 2.05) is 0 Å². The van der Waals surface area contributed by atoms with E-state index in [4.69, 9.17) is 6.42 Å². The molecule has 0 radical (unpaired) electrons. The van der Waals surface area contributed by atoms with Crippen LogP contribution in [0.25, 0.3) is 0 Å². The SMILES string of the molecule is C#CCC1CC(Br)CCC1(C)C. The predicted molar refractivity (Wildman–Crippen MR) is 57.3 cm³/mol. The fraction of sp³-hybridized carbons (Fsp3) is 0.818. The maximum atomic E-state index is 5.36. The molecule has 0 saturated heterocycles. The molecule has 0 aliphatic heterocycles. The van der Waals surface area contributed by atoms with E-state index >= 15 is 0 Å². The lowest BCUT2D eigenvalue weighted by Crippen LogP contribution is -2.31. The Kier molecular flexibility index (Phi) is 3.23. The standard InChI is InChI=1S/C11H17Br/c1-4-5-9-8-10(12)6-7-11(9,2)3/h1,9-10H,5-8H2,2-3H3. The van der Waals surface area contributed by atoms with Gasteiger partial charge in [0.1, 0.15) is 0 Å². The van der Waals surface area contributed by atoms with Gasteiger partial charge in [0.2, 0.25) is 0 Å². The van der Waals surface area contributed by atoms with Gasteiger partial charge in [0.15, 0.2) is 0 Å². The molecule has 1 heteroatoms. The molecule has 2 atom stereocenters. The fourth-order valence-electron chi connectivity index (χ4n) is 1.98. The summed E-state index contributed by atoms with van der Waals surface area (Å²) >= 11 is 3.68. The molecule has 1 saturated carbocycles. The molecule has 0 aromatic heterocycles. The van der Waals surface area contributed by atoms with E-state index in [0.717, 1.165) is 6.42 Å². The molecular weight excluding hydrogens is 212 g/mol. The minimum Gasteiger partial charge on any atom is -0.120 e. The second kappa shape index (κ2) is 3.83. The topological polar surface area (TPSA) is 0 Å². The fourth-order valence-corrected chi connectivity index (χ4v) is 2.66. The number of halogens is 1. The van der Waals surface area contributed by atoms with Crippen molar-refractivity contribution in [3.63, 3.8) is 0 Å². The van der Waals surface area contributed by atoms with Crippen LogP contribution < -0.4 is 0 Å². The maximum Gasteiger partial charge on any atom is 0.0149 e. The zero-order valence-corrected chi connectivity index (χ0v) is 9.52. The van der Waals surface area contributed by atoms with Gasteiger partial charge < -0.3 is 0 Å². The number of hydrogen-bond acceptors (Lipinski definition) is 0. The summed E-state index contributed by atoms with van der Waals surface area (Å²) in [5, 5.41) is 0. The van der Waals surface area contributed by atoms with E-state index in [1.54, 1.807) is 0 Å². The van der Waals surface area contributed by atoms with E-state index < -0.39 is 0 Å². The molecule has 0 bridgehead atoms. The van der Waals surface area contributed by atoms with Gasteiger partial charge in [-0.15, -0.1) is 12.3 Å². The molecular formula is C11H17Br. The van der Waals surface area contributed by atoms with Crippen molar-refractivity contribution in [1.82, 2.24) is 0 Å². The number of alkyl halides is 1. The Morgan fingerprint density at radius 1 is 1.58 bits per heavy atom. The van der Waals surface area contributed by atoms with Gasteiger partial charge in [-0.05, 0) is 30.6 Å². The first-order valence-electron chi connectivity index (χ1n) is 4.64. The predicted octanol–water partition coefficient (Wildman–Crippen LogP) is 3.60. The highest BCUT2D eigenvalue weighted by Gasteiger charge is 2.34. The highest BCUT2D eigenvalue weighted by molar-refractivity contribution is 9.09. The summed E-state index contributed by atoms with van der Waals surface area (Å²) in [4.78, 5) is 0.698. The van der Waals surface area contributed by atoms with Crippen molar-refractivity contribution in [2.45, 2.75) is 44.4 Å². The van der Waals surface area contributed by atoms with Gasteiger partial charge in [0.25, 0.3) is 0 Å². The summed E-state index contributed by atoms with van der Waals surface area (Å²) in [7, 11) is 0. The lowest BCUT2D eigenvalue weighted by atomic mass is 9.68. The lowest BCUT2D eigenvalue weighted by molar-refractivity contribution is 0.147. The largest absolute Gasteiger partial charge is 0.120 e. The molecule has 0 heterocycles. The molecule has 1 fully saturated rings. The van der Waals surface area contributed by atoms with Crippen molar-refractivity contribution >= 4 is 15.9 Å². The average molecular weight is 229 g/mol. The van der Waals surface area contributed by atoms with E-state index in [2.05, 4.69) is 35.7 Å². The number of hydrogen-bond donors (Lipinski definition) is 0. The van der Waals surface area contributed by atoms with Crippen molar-refractivity contribution in [2.24, 2.45) is 11.3 Å². The molecule has 0 aromatic rings. The van der Waals surface area contributed by atoms with Gasteiger partial charge in [0.05, 0.1) is 0 Å². The molecule has 1 aliphatic carbocycles. The van der Waals surface area contributed by atoms with Crippen LogP contribution in [-0.2, 0) is 0 Å². The van der Waals surface area contributed by atoms with Crippen LogP contribution in [0.15, 0.2) is 0 Å². The zero-order chi connectivity index (χ0) is 9.19. The molecule has 0 aromatic carbocycles. The summed E-state index contributed by atoms with van der Waals surface area (Å²) in [5.74, 6) is 3.50. The summed E-state index contributed by atoms with van der Waals surface area (Å²) in [6.45, 7) is 4.68. The van der Waals surface area contributed by atoms with Crippen LogP contribution in [0.1, 0.15) is 39.5 Å². The summed E-state index contributed by atoms with van der Waals surface area (Å²) in [5.41, 5.74) is 0.455. The Bertz CT molecular complexity index is 188. The summed E-state index contributed by atoms with van der Waals surface area (Å²) in [6, 6.07) is 0. The van der Waals surface area contributed by atoms with Crippen LogP contribution in [0.3, 0.4) is 0 Å². The van der Waals surface area contributed by atoms with Crippen molar-refractivity contribution in [3.8, 4) is 12.3 Å². The Balaban J connectivity index is 2.60. The zero-order valence-electron chi connectivity index (χ0n) is 7.94. The Morgan fingerprint density at radius 3 is 2.83 bits per heavy atom. The number of terminal acetylenes is 1. The van der Waals surface area contributed by atoms with Crippen molar-refractivity contribution in [3.05, 3.63) is 0 Å². The minimum absolute atomic E-state index is 0.455. The number of rotatable bonds is 1. The van der Waals surface area contributed by atoms with Crippen LogP contribution in [0.4, 0.5) is 0 Å². The van der Waals surface area contributed by atoms with Crippen LogP contribution in [0.2, 0.25) is 0 Å². The van der Waals surface area contributed by atoms with Gasteiger partial charge in [-0.1, -0.05) is 29.8 Å². The van der Waals surface area contributed by atoms with Crippen LogP contribution >= 0.6 is 15.9 Å². The third kappa shape index (κ3) is 2.26. The molecule has 12 heavy (non-hydrogen) atoms. The van der Waals surface area contributed by atoms with Gasteiger partial charge >= 0.3 is 0 Å². The lowest BCUT2D eigenvalue weighted by Gasteiger charge is -2.40. The third-order valence-corrected chi connectivity index (χ3v) is 3.94. The van der Waals surface area contributed by atoms with E-state index in [0.29, 0.717) is 16.2 Å². The smallest absolute Gasteiger partial charge is 0.0149 e. The van der Waals surface area contributed by atoms with Crippen LogP contribution in [-0.4, -0.2) is 4.83 Å². The molecule has 0 nitrogen and oxygen atoms in total. The highest BCUT2D eigenvalue weighted by Crippen LogP contribution is 2.44. The molecule has 68 valence electrons. The van der Waals surface area contributed by atoms with E-state index in [-0.39, 0.29) is 0 Å². The normalized spacial score (nSPS) is 34.2. The minimum atomic E-state index is 0.455. The van der Waals surface area contributed by atoms with Crippen LogP contribution in [0.5, 0.6) is 0 Å². The van der Waals surface area contributed by atoms with Gasteiger partial charge in [-0.2, -0.15) is 0 Å². The summed E-state index contributed by atoms with van der Waals surface area (Å²) < 4.78 is 0. The quantitative estimate of drug-likeness (QED) is 0.476. The molecule has 1 rings (SSSR count). The van der Waals surface area contributed by atoms with Gasteiger partial charge in [-0.3, -0.25) is 0 Å². The van der Waals surface area contributed by atoms with Crippen molar-refractivity contribution < 1.29 is 0 Å². The first kappa shape index (κ1) is 10.1. The molecule has 2 unspecified atom stereocenters. The molecule has 0 amide bonds. The van der Waals surface area contributed by atoms with Crippen molar-refractivity contribution in [2.75, 3.05) is 0 Å². The van der Waals surface area contributed by atoms with E-state index in [1.165, 1.54) is 19.3 Å². The second-order valence-corrected chi connectivity index (χ2v) is 5.76. The third-order valence-electron chi connectivity index (χ3n) is 3.11. The van der Waals surface area contributed by atoms with Gasteiger partial charge in [-0.25, -0.2) is 0 Å². The monoisotopic (exact) mass is 228 g/mol. The maximum absolute atomic E-state index is 5.36. The van der Waals surface area contributed by atoms with E-state index in [9.17, 15) is 0 Å². The highest BCUT2D eigenvalue weighted by atomic mass is 79.9. The Morgan fingerprint density at radius 2 is 2.25 bits per heavy atom. The molecule has 0 N–H and O–H groups in total. The summed E-state index contributed by atoms with van der Waals surface area (Å²) in [6.07, 6.45) is 10.1. The first-order chi connectivity index (χ1) is 5.56. The van der Waals surface area contributed by atoms with Crippen LogP contribution in [0, 0.1) is 23.7 Å². The molecule has 1 aliphatic rings. The second-order valence-electron chi connectivity index (χ2n) is 4.47. The van der Waals surface area contributed by atoms with Crippen molar-refractivity contribution in [1.29, 1.82) is 0 Å². The average Bonchev–Trinajstić information content (AvgIpc) is 1.98. The first-order valence-corrected chi connectivity index (χ1v) is 5.55. The Labute approximate surface area is 84.2 Å². The Hall–Kier alpha value is 0.0400. The van der Waals surface area contributed by atoms with Gasteiger partial charge in [0, 0.05) is 11.2 Å². The molecule has 0 spiro atoms.